The lowest BCUT2D eigenvalue weighted by atomic mass is 10.1. The Labute approximate surface area is 162 Å². The molecule has 1 aromatic heterocycles. The molecule has 1 aromatic rings. The number of hydrogen-bond acceptors (Lipinski definition) is 3. The molecule has 0 aliphatic heterocycles. The second-order valence-electron chi connectivity index (χ2n) is 6.03. The van der Waals surface area contributed by atoms with E-state index in [0.717, 1.165) is 38.4 Å². The first kappa shape index (κ1) is 22.9. The summed E-state index contributed by atoms with van der Waals surface area (Å²) in [6.45, 7) is 9.04. The van der Waals surface area contributed by atoms with Gasteiger partial charge < -0.3 is 19.9 Å². The molecule has 138 valence electrons. The molecule has 0 saturated carbocycles. The normalized spacial score (nSPS) is 11.8. The van der Waals surface area contributed by atoms with Crippen LogP contribution >= 0.6 is 24.0 Å². The van der Waals surface area contributed by atoms with Crippen LogP contribution in [0.1, 0.15) is 33.6 Å². The van der Waals surface area contributed by atoms with Crippen LogP contribution in [0.25, 0.3) is 0 Å². The van der Waals surface area contributed by atoms with Crippen molar-refractivity contribution in [2.75, 3.05) is 26.7 Å². The highest BCUT2D eigenvalue weighted by atomic mass is 127. The summed E-state index contributed by atoms with van der Waals surface area (Å²) in [5.74, 6) is 0.800. The molecule has 0 radical (unpaired) electrons. The molecule has 0 unspecified atom stereocenters. The van der Waals surface area contributed by atoms with Crippen molar-refractivity contribution in [3.8, 4) is 0 Å². The van der Waals surface area contributed by atoms with E-state index in [1.807, 2.05) is 33.0 Å². The Morgan fingerprint density at radius 1 is 1.29 bits per heavy atom. The minimum atomic E-state index is -0.267. The Bertz CT molecular complexity index is 543. The Morgan fingerprint density at radius 2 is 2.04 bits per heavy atom. The van der Waals surface area contributed by atoms with Crippen LogP contribution in [0.15, 0.2) is 34.2 Å². The monoisotopic (exact) mass is 450 g/mol. The van der Waals surface area contributed by atoms with Crippen LogP contribution in [0.3, 0.4) is 0 Å². The van der Waals surface area contributed by atoms with Crippen molar-refractivity contribution in [3.63, 3.8) is 0 Å². The maximum Gasteiger partial charge on any atom is 0.250 e. The van der Waals surface area contributed by atoms with E-state index in [2.05, 4.69) is 15.6 Å². The maximum absolute atomic E-state index is 11.6. The summed E-state index contributed by atoms with van der Waals surface area (Å²) in [5.41, 5.74) is -0.214. The van der Waals surface area contributed by atoms with Crippen molar-refractivity contribution >= 4 is 29.9 Å². The van der Waals surface area contributed by atoms with Gasteiger partial charge in [0.05, 0.1) is 12.1 Å². The van der Waals surface area contributed by atoms with Crippen LogP contribution in [0, 0.1) is 0 Å². The predicted octanol–water partition coefficient (Wildman–Crippen LogP) is 2.23. The zero-order valence-corrected chi connectivity index (χ0v) is 17.5. The van der Waals surface area contributed by atoms with Crippen LogP contribution in [-0.4, -0.2) is 42.9 Å². The molecule has 1 heterocycles. The summed E-state index contributed by atoms with van der Waals surface area (Å²) in [7, 11) is 1.70. The number of aliphatic imine (C=N–C) groups is 1. The van der Waals surface area contributed by atoms with Crippen molar-refractivity contribution in [2.45, 2.75) is 45.8 Å². The first-order chi connectivity index (χ1) is 11.0. The van der Waals surface area contributed by atoms with E-state index in [-0.39, 0.29) is 35.1 Å². The van der Waals surface area contributed by atoms with E-state index >= 15 is 0 Å². The maximum atomic E-state index is 11.6. The highest BCUT2D eigenvalue weighted by Crippen LogP contribution is 2.06. The number of guanidine groups is 1. The average molecular weight is 450 g/mol. The Hall–Kier alpha value is -1.09. The third-order valence-corrected chi connectivity index (χ3v) is 3.53. The van der Waals surface area contributed by atoms with Crippen LogP contribution in [0.5, 0.6) is 0 Å². The van der Waals surface area contributed by atoms with Gasteiger partial charge in [0.25, 0.3) is 0 Å². The Balaban J connectivity index is 0.00000529. The number of aromatic nitrogens is 1. The van der Waals surface area contributed by atoms with Crippen molar-refractivity contribution in [1.29, 1.82) is 0 Å². The van der Waals surface area contributed by atoms with Gasteiger partial charge >= 0.3 is 0 Å². The fourth-order valence-electron chi connectivity index (χ4n) is 1.94. The standard InChI is InChI=1S/C17H30N4O2.HI/c1-5-18-16(20-14-17(2,3)23-4)19-11-7-9-13-21-12-8-6-10-15(21)22;/h6,8,10,12H,5,7,9,11,13-14H2,1-4H3,(H2,18,19,20);1H. The van der Waals surface area contributed by atoms with Crippen molar-refractivity contribution in [2.24, 2.45) is 4.99 Å². The smallest absolute Gasteiger partial charge is 0.250 e. The van der Waals surface area contributed by atoms with E-state index < -0.39 is 0 Å². The number of nitrogens with zero attached hydrogens (tertiary/aromatic N) is 2. The number of halogens is 1. The van der Waals surface area contributed by atoms with Crippen LogP contribution in [0.4, 0.5) is 0 Å². The summed E-state index contributed by atoms with van der Waals surface area (Å²) < 4.78 is 7.11. The molecule has 0 amide bonds. The molecular weight excluding hydrogens is 419 g/mol. The van der Waals surface area contributed by atoms with Crippen LogP contribution in [0.2, 0.25) is 0 Å². The predicted molar refractivity (Wildman–Crippen MR) is 110 cm³/mol. The van der Waals surface area contributed by atoms with Gasteiger partial charge in [-0.2, -0.15) is 0 Å². The van der Waals surface area contributed by atoms with E-state index in [4.69, 9.17) is 4.74 Å². The number of ether oxygens (including phenoxy) is 1. The summed E-state index contributed by atoms with van der Waals surface area (Å²) in [4.78, 5) is 16.1. The SMILES string of the molecule is CCNC(=NCC(C)(C)OC)NCCCCn1ccccc1=O.I. The van der Waals surface area contributed by atoms with Gasteiger partial charge in [0.2, 0.25) is 5.56 Å². The van der Waals surface area contributed by atoms with Crippen molar-refractivity contribution in [1.82, 2.24) is 15.2 Å². The van der Waals surface area contributed by atoms with Crippen molar-refractivity contribution < 1.29 is 4.74 Å². The molecule has 24 heavy (non-hydrogen) atoms. The molecule has 6 nitrogen and oxygen atoms in total. The lowest BCUT2D eigenvalue weighted by molar-refractivity contribution is 0.0310. The molecular formula is C17H31IN4O2. The van der Waals surface area contributed by atoms with Gasteiger partial charge in [-0.1, -0.05) is 6.07 Å². The average Bonchev–Trinajstić information content (AvgIpc) is 2.54. The van der Waals surface area contributed by atoms with Crippen LogP contribution < -0.4 is 16.2 Å². The third-order valence-electron chi connectivity index (χ3n) is 3.53. The zero-order chi connectivity index (χ0) is 17.1. The topological polar surface area (TPSA) is 67.7 Å². The van der Waals surface area contributed by atoms with E-state index in [9.17, 15) is 4.79 Å². The molecule has 1 rings (SSSR count). The molecule has 0 spiro atoms. The summed E-state index contributed by atoms with van der Waals surface area (Å²) >= 11 is 0. The molecule has 0 aliphatic rings. The minimum Gasteiger partial charge on any atom is -0.377 e. The fourth-order valence-corrected chi connectivity index (χ4v) is 1.94. The fraction of sp³-hybridized carbons (Fsp3) is 0.647. The summed E-state index contributed by atoms with van der Waals surface area (Å²) in [6.07, 6.45) is 3.74. The minimum absolute atomic E-state index is 0. The lowest BCUT2D eigenvalue weighted by Crippen LogP contribution is -2.39. The van der Waals surface area contributed by atoms with Gasteiger partial charge in [-0.3, -0.25) is 9.79 Å². The summed E-state index contributed by atoms with van der Waals surface area (Å²) in [6, 6.07) is 5.24. The number of nitrogens with one attached hydrogen (secondary N) is 2. The first-order valence-corrected chi connectivity index (χ1v) is 8.21. The van der Waals surface area contributed by atoms with Crippen LogP contribution in [-0.2, 0) is 11.3 Å². The molecule has 0 aromatic carbocycles. The Morgan fingerprint density at radius 3 is 2.67 bits per heavy atom. The number of aryl methyl sites for hydroxylation is 1. The summed E-state index contributed by atoms with van der Waals surface area (Å²) in [5, 5.41) is 6.54. The Kier molecular flexibility index (Phi) is 11.7. The first-order valence-electron chi connectivity index (χ1n) is 8.21. The number of hydrogen-bond donors (Lipinski definition) is 2. The number of pyridine rings is 1. The van der Waals surface area contributed by atoms with Gasteiger partial charge in [-0.15, -0.1) is 24.0 Å². The number of rotatable bonds is 9. The van der Waals surface area contributed by atoms with Gasteiger partial charge in [0.1, 0.15) is 0 Å². The highest BCUT2D eigenvalue weighted by molar-refractivity contribution is 14.0. The molecule has 0 fully saturated rings. The number of unbranched alkanes of at least 4 members (excludes halogenated alkanes) is 1. The van der Waals surface area contributed by atoms with E-state index in [1.165, 1.54) is 0 Å². The second kappa shape index (κ2) is 12.3. The second-order valence-corrected chi connectivity index (χ2v) is 6.03. The highest BCUT2D eigenvalue weighted by Gasteiger charge is 2.15. The molecule has 0 bridgehead atoms. The number of methoxy groups -OCH3 is 1. The molecule has 7 heteroatoms. The largest absolute Gasteiger partial charge is 0.377 e. The van der Waals surface area contributed by atoms with Gasteiger partial charge in [-0.25, -0.2) is 0 Å². The third kappa shape index (κ3) is 9.27. The quantitative estimate of drug-likeness (QED) is 0.262. The molecule has 0 aliphatic carbocycles. The lowest BCUT2D eigenvalue weighted by Gasteiger charge is -2.21. The van der Waals surface area contributed by atoms with Gasteiger partial charge in [0, 0.05) is 39.0 Å². The van der Waals surface area contributed by atoms with Gasteiger partial charge in [-0.05, 0) is 39.7 Å². The van der Waals surface area contributed by atoms with E-state index in [1.54, 1.807) is 23.8 Å². The molecule has 0 atom stereocenters. The van der Waals surface area contributed by atoms with E-state index in [0.29, 0.717) is 6.54 Å². The zero-order valence-electron chi connectivity index (χ0n) is 15.2. The molecule has 2 N–H and O–H groups in total. The molecule has 0 saturated heterocycles. The van der Waals surface area contributed by atoms with Crippen molar-refractivity contribution in [3.05, 3.63) is 34.7 Å². The van der Waals surface area contributed by atoms with Gasteiger partial charge in [0.15, 0.2) is 5.96 Å².